The van der Waals surface area contributed by atoms with Crippen LogP contribution < -0.4 is 5.32 Å². The van der Waals surface area contributed by atoms with Crippen LogP contribution in [-0.2, 0) is 4.79 Å². The Morgan fingerprint density at radius 3 is 2.72 bits per heavy atom. The van der Waals surface area contributed by atoms with Crippen molar-refractivity contribution in [1.29, 1.82) is 0 Å². The number of carboxylic acids is 1. The van der Waals surface area contributed by atoms with Gasteiger partial charge in [-0.2, -0.15) is 0 Å². The van der Waals surface area contributed by atoms with Crippen molar-refractivity contribution >= 4 is 23.2 Å². The Hall–Kier alpha value is -1.36. The van der Waals surface area contributed by atoms with Gasteiger partial charge in [0.1, 0.15) is 0 Å². The lowest BCUT2D eigenvalue weighted by Crippen LogP contribution is -2.42. The zero-order valence-corrected chi connectivity index (χ0v) is 10.9. The van der Waals surface area contributed by atoms with Crippen LogP contribution in [-0.4, -0.2) is 23.0 Å². The monoisotopic (exact) mass is 267 g/mol. The summed E-state index contributed by atoms with van der Waals surface area (Å²) in [6.45, 7) is 0. The van der Waals surface area contributed by atoms with Crippen molar-refractivity contribution < 1.29 is 14.7 Å². The lowest BCUT2D eigenvalue weighted by Gasteiger charge is -2.22. The van der Waals surface area contributed by atoms with E-state index in [9.17, 15) is 14.7 Å². The predicted molar refractivity (Wildman–Crippen MR) is 69.8 cm³/mol. The van der Waals surface area contributed by atoms with Gasteiger partial charge in [0.05, 0.1) is 10.8 Å². The van der Waals surface area contributed by atoms with Crippen LogP contribution in [0.2, 0.25) is 0 Å². The third kappa shape index (κ3) is 3.10. The normalized spacial score (nSPS) is 24.2. The van der Waals surface area contributed by atoms with E-state index < -0.39 is 11.9 Å². The van der Waals surface area contributed by atoms with Crippen molar-refractivity contribution in [2.45, 2.75) is 38.1 Å². The highest BCUT2D eigenvalue weighted by Gasteiger charge is 2.30. The van der Waals surface area contributed by atoms with Gasteiger partial charge in [0, 0.05) is 6.04 Å². The van der Waals surface area contributed by atoms with Gasteiger partial charge in [-0.15, -0.1) is 11.3 Å². The minimum atomic E-state index is -0.798. The second-order valence-corrected chi connectivity index (χ2v) is 5.59. The first-order valence-corrected chi connectivity index (χ1v) is 7.13. The van der Waals surface area contributed by atoms with Gasteiger partial charge in [0.15, 0.2) is 0 Å². The van der Waals surface area contributed by atoms with Crippen molar-refractivity contribution in [2.75, 3.05) is 0 Å². The number of carboxylic acid groups (broad SMARTS) is 1. The molecule has 98 valence electrons. The summed E-state index contributed by atoms with van der Waals surface area (Å²) in [4.78, 5) is 23.8. The molecule has 1 aromatic heterocycles. The van der Waals surface area contributed by atoms with E-state index in [-0.39, 0.29) is 11.9 Å². The molecular formula is C13H17NO3S. The summed E-state index contributed by atoms with van der Waals surface area (Å²) >= 11 is 1.37. The number of aliphatic carboxylic acids is 1. The molecule has 1 heterocycles. The van der Waals surface area contributed by atoms with Gasteiger partial charge in [0.2, 0.25) is 0 Å². The summed E-state index contributed by atoms with van der Waals surface area (Å²) in [7, 11) is 0. The van der Waals surface area contributed by atoms with Crippen LogP contribution >= 0.6 is 11.3 Å². The van der Waals surface area contributed by atoms with Crippen molar-refractivity contribution in [3.05, 3.63) is 22.4 Å². The van der Waals surface area contributed by atoms with Gasteiger partial charge in [0.25, 0.3) is 5.91 Å². The highest BCUT2D eigenvalue weighted by Crippen LogP contribution is 2.24. The predicted octanol–water partition coefficient (Wildman–Crippen LogP) is 2.51. The molecule has 0 aromatic carbocycles. The average molecular weight is 267 g/mol. The second kappa shape index (κ2) is 6.00. The number of hydrogen-bond donors (Lipinski definition) is 2. The van der Waals surface area contributed by atoms with Crippen LogP contribution in [0.3, 0.4) is 0 Å². The maximum absolute atomic E-state index is 12.0. The molecule has 2 atom stereocenters. The van der Waals surface area contributed by atoms with Gasteiger partial charge >= 0.3 is 5.97 Å². The fourth-order valence-electron chi connectivity index (χ4n) is 2.42. The molecule has 2 rings (SSSR count). The first-order valence-electron chi connectivity index (χ1n) is 6.25. The molecule has 0 radical (unpaired) electrons. The van der Waals surface area contributed by atoms with Crippen LogP contribution in [0.5, 0.6) is 0 Å². The molecule has 0 aliphatic heterocycles. The fourth-order valence-corrected chi connectivity index (χ4v) is 3.05. The van der Waals surface area contributed by atoms with Gasteiger partial charge in [-0.3, -0.25) is 9.59 Å². The molecular weight excluding hydrogens is 250 g/mol. The highest BCUT2D eigenvalue weighted by molar-refractivity contribution is 7.12. The molecule has 4 nitrogen and oxygen atoms in total. The SMILES string of the molecule is O=C(N[C@@H]1CCCCC[C@H]1C(=O)O)c1cccs1. The number of amides is 1. The Balaban J connectivity index is 2.04. The molecule has 1 aromatic rings. The summed E-state index contributed by atoms with van der Waals surface area (Å²) in [5.41, 5.74) is 0. The smallest absolute Gasteiger partial charge is 0.308 e. The summed E-state index contributed by atoms with van der Waals surface area (Å²) in [5, 5.41) is 14.0. The number of hydrogen-bond acceptors (Lipinski definition) is 3. The Morgan fingerprint density at radius 2 is 2.06 bits per heavy atom. The van der Waals surface area contributed by atoms with Crippen molar-refractivity contribution in [1.82, 2.24) is 5.32 Å². The number of rotatable bonds is 3. The Kier molecular flexibility index (Phi) is 4.36. The van der Waals surface area contributed by atoms with Gasteiger partial charge in [-0.05, 0) is 24.3 Å². The molecule has 1 saturated carbocycles. The lowest BCUT2D eigenvalue weighted by atomic mass is 9.95. The van der Waals surface area contributed by atoms with E-state index in [0.717, 1.165) is 25.7 Å². The summed E-state index contributed by atoms with van der Waals surface area (Å²) in [6.07, 6.45) is 4.38. The van der Waals surface area contributed by atoms with Crippen molar-refractivity contribution in [2.24, 2.45) is 5.92 Å². The molecule has 1 amide bonds. The van der Waals surface area contributed by atoms with E-state index in [2.05, 4.69) is 5.32 Å². The van der Waals surface area contributed by atoms with Crippen LogP contribution in [0.4, 0.5) is 0 Å². The van der Waals surface area contributed by atoms with Crippen LogP contribution in [0, 0.1) is 5.92 Å². The standard InChI is InChI=1S/C13H17NO3S/c15-12(11-7-4-8-18-11)14-10-6-3-1-2-5-9(10)13(16)17/h4,7-10H,1-3,5-6H2,(H,14,15)(H,16,17)/t9-,10-/m1/s1. The summed E-state index contributed by atoms with van der Waals surface area (Å²) in [5.74, 6) is -1.40. The van der Waals surface area contributed by atoms with Crippen molar-refractivity contribution in [3.63, 3.8) is 0 Å². The van der Waals surface area contributed by atoms with E-state index in [0.29, 0.717) is 11.3 Å². The van der Waals surface area contributed by atoms with E-state index in [1.54, 1.807) is 6.07 Å². The molecule has 2 N–H and O–H groups in total. The van der Waals surface area contributed by atoms with Gasteiger partial charge in [-0.25, -0.2) is 0 Å². The summed E-state index contributed by atoms with van der Waals surface area (Å²) in [6, 6.07) is 3.34. The number of carbonyl (C=O) groups is 2. The average Bonchev–Trinajstić information content (AvgIpc) is 2.77. The lowest BCUT2D eigenvalue weighted by molar-refractivity contribution is -0.142. The quantitative estimate of drug-likeness (QED) is 0.827. The van der Waals surface area contributed by atoms with Crippen LogP contribution in [0.1, 0.15) is 41.8 Å². The minimum absolute atomic E-state index is 0.150. The highest BCUT2D eigenvalue weighted by atomic mass is 32.1. The zero-order chi connectivity index (χ0) is 13.0. The Bertz CT molecular complexity index is 416. The third-order valence-electron chi connectivity index (χ3n) is 3.39. The minimum Gasteiger partial charge on any atom is -0.481 e. The van der Waals surface area contributed by atoms with Crippen molar-refractivity contribution in [3.8, 4) is 0 Å². The molecule has 18 heavy (non-hydrogen) atoms. The van der Waals surface area contributed by atoms with E-state index in [1.807, 2.05) is 11.4 Å². The molecule has 0 spiro atoms. The van der Waals surface area contributed by atoms with E-state index >= 15 is 0 Å². The van der Waals surface area contributed by atoms with Crippen LogP contribution in [0.15, 0.2) is 17.5 Å². The van der Waals surface area contributed by atoms with E-state index in [1.165, 1.54) is 11.3 Å². The van der Waals surface area contributed by atoms with E-state index in [4.69, 9.17) is 0 Å². The Morgan fingerprint density at radius 1 is 1.28 bits per heavy atom. The largest absolute Gasteiger partial charge is 0.481 e. The first kappa shape index (κ1) is 13.1. The van der Waals surface area contributed by atoms with Gasteiger partial charge < -0.3 is 10.4 Å². The molecule has 5 heteroatoms. The maximum atomic E-state index is 12.0. The third-order valence-corrected chi connectivity index (χ3v) is 4.26. The second-order valence-electron chi connectivity index (χ2n) is 4.64. The number of thiophene rings is 1. The number of carbonyl (C=O) groups excluding carboxylic acids is 1. The molecule has 1 fully saturated rings. The van der Waals surface area contributed by atoms with Gasteiger partial charge in [-0.1, -0.05) is 25.3 Å². The fraction of sp³-hybridized carbons (Fsp3) is 0.538. The molecule has 1 aliphatic rings. The molecule has 0 bridgehead atoms. The summed E-state index contributed by atoms with van der Waals surface area (Å²) < 4.78 is 0. The molecule has 0 unspecified atom stereocenters. The topological polar surface area (TPSA) is 66.4 Å². The number of nitrogens with one attached hydrogen (secondary N) is 1. The molecule has 1 aliphatic carbocycles. The maximum Gasteiger partial charge on any atom is 0.308 e. The molecule has 0 saturated heterocycles. The first-order chi connectivity index (χ1) is 8.68. The van der Waals surface area contributed by atoms with Crippen LogP contribution in [0.25, 0.3) is 0 Å². The Labute approximate surface area is 110 Å². The zero-order valence-electron chi connectivity index (χ0n) is 10.1.